The van der Waals surface area contributed by atoms with Crippen LogP contribution in [-0.4, -0.2) is 7.85 Å². The molecule has 0 saturated carbocycles. The van der Waals surface area contributed by atoms with Crippen LogP contribution >= 0.6 is 0 Å². The van der Waals surface area contributed by atoms with Gasteiger partial charge in [-0.15, -0.1) is 0 Å². The fourth-order valence-corrected chi connectivity index (χ4v) is 1.06. The molecule has 1 aromatic carbocycles. The lowest BCUT2D eigenvalue weighted by Gasteiger charge is -2.08. The molecule has 1 rings (SSSR count). The molecule has 0 bridgehead atoms. The van der Waals surface area contributed by atoms with E-state index in [1.807, 2.05) is 12.1 Å². The Bertz CT molecular complexity index is 213. The molecule has 0 amide bonds. The van der Waals surface area contributed by atoms with Crippen LogP contribution in [0, 0.1) is 0 Å². The molecule has 0 aliphatic carbocycles. The lowest BCUT2D eigenvalue weighted by atomic mass is 9.91. The van der Waals surface area contributed by atoms with Crippen LogP contribution in [0.5, 0.6) is 0 Å². The molecule has 11 heavy (non-hydrogen) atoms. The Kier molecular flexibility index (Phi) is 2.75. The van der Waals surface area contributed by atoms with Gasteiger partial charge in [-0.1, -0.05) is 43.6 Å². The smallest absolute Gasteiger partial charge is 0.0967 e. The van der Waals surface area contributed by atoms with Gasteiger partial charge in [0.05, 0.1) is 0 Å². The molecule has 1 heteroatoms. The first-order valence-corrected chi connectivity index (χ1v) is 4.09. The summed E-state index contributed by atoms with van der Waals surface area (Å²) in [6, 6.07) is 8.12. The van der Waals surface area contributed by atoms with E-state index in [2.05, 4.69) is 26.0 Å². The first-order chi connectivity index (χ1) is 5.24. The summed E-state index contributed by atoms with van der Waals surface area (Å²) in [7, 11) is 5.57. The van der Waals surface area contributed by atoms with E-state index in [9.17, 15) is 0 Å². The Balaban J connectivity index is 2.81. The highest BCUT2D eigenvalue weighted by atomic mass is 14.0. The van der Waals surface area contributed by atoms with E-state index in [4.69, 9.17) is 7.85 Å². The summed E-state index contributed by atoms with van der Waals surface area (Å²) in [5.41, 5.74) is 2.22. The molecule has 0 nitrogen and oxygen atoms in total. The minimum Gasteiger partial charge on any atom is -0.0967 e. The topological polar surface area (TPSA) is 0 Å². The molecule has 0 aliphatic rings. The molecule has 0 N–H and O–H groups in total. The lowest BCUT2D eigenvalue weighted by molar-refractivity contribution is 0.734. The highest BCUT2D eigenvalue weighted by Gasteiger charge is 2.00. The van der Waals surface area contributed by atoms with Gasteiger partial charge in [0.25, 0.3) is 0 Å². The predicted molar refractivity (Wildman–Crippen MR) is 50.5 cm³/mol. The van der Waals surface area contributed by atoms with Crippen LogP contribution in [0.2, 0.25) is 0 Å². The highest BCUT2D eigenvalue weighted by molar-refractivity contribution is 6.32. The van der Waals surface area contributed by atoms with Crippen molar-refractivity contribution in [2.24, 2.45) is 0 Å². The van der Waals surface area contributed by atoms with Crippen LogP contribution in [0.4, 0.5) is 0 Å². The summed E-state index contributed by atoms with van der Waals surface area (Å²) in [6.07, 6.45) is 1.18. The molecule has 0 spiro atoms. The van der Waals surface area contributed by atoms with E-state index in [0.29, 0.717) is 5.92 Å². The van der Waals surface area contributed by atoms with Gasteiger partial charge in [-0.3, -0.25) is 0 Å². The fraction of sp³-hybridized carbons (Fsp3) is 0.400. The van der Waals surface area contributed by atoms with E-state index in [1.165, 1.54) is 12.0 Å². The van der Waals surface area contributed by atoms with Crippen LogP contribution in [0.15, 0.2) is 24.3 Å². The Morgan fingerprint density at radius 1 is 1.27 bits per heavy atom. The van der Waals surface area contributed by atoms with Crippen LogP contribution < -0.4 is 5.46 Å². The van der Waals surface area contributed by atoms with Crippen LogP contribution in [0.3, 0.4) is 0 Å². The van der Waals surface area contributed by atoms with E-state index >= 15 is 0 Å². The van der Waals surface area contributed by atoms with E-state index < -0.39 is 0 Å². The van der Waals surface area contributed by atoms with Crippen molar-refractivity contribution in [3.63, 3.8) is 0 Å². The third-order valence-electron chi connectivity index (χ3n) is 2.12. The predicted octanol–water partition coefficient (Wildman–Crippen LogP) is 1.99. The Morgan fingerprint density at radius 3 is 2.27 bits per heavy atom. The third kappa shape index (κ3) is 2.11. The van der Waals surface area contributed by atoms with Crippen molar-refractivity contribution in [1.29, 1.82) is 0 Å². The summed E-state index contributed by atoms with van der Waals surface area (Å²) in [5.74, 6) is 0.649. The second-order valence-electron chi connectivity index (χ2n) is 2.98. The van der Waals surface area contributed by atoms with E-state index in [0.717, 1.165) is 5.46 Å². The number of hydrogen-bond acceptors (Lipinski definition) is 0. The van der Waals surface area contributed by atoms with Crippen LogP contribution in [0.25, 0.3) is 0 Å². The maximum absolute atomic E-state index is 5.57. The molecule has 0 aliphatic heterocycles. The van der Waals surface area contributed by atoms with Crippen molar-refractivity contribution < 1.29 is 0 Å². The average molecular weight is 144 g/mol. The zero-order valence-electron chi connectivity index (χ0n) is 7.17. The first-order valence-electron chi connectivity index (χ1n) is 4.09. The van der Waals surface area contributed by atoms with Gasteiger partial charge in [-0.25, -0.2) is 0 Å². The Morgan fingerprint density at radius 2 is 1.82 bits per heavy atom. The first kappa shape index (κ1) is 8.38. The van der Waals surface area contributed by atoms with Crippen LogP contribution in [-0.2, 0) is 0 Å². The van der Waals surface area contributed by atoms with Crippen molar-refractivity contribution in [2.75, 3.05) is 0 Å². The summed E-state index contributed by atoms with van der Waals surface area (Å²) < 4.78 is 0. The Hall–Kier alpha value is -0.715. The lowest BCUT2D eigenvalue weighted by Crippen LogP contribution is -2.01. The third-order valence-corrected chi connectivity index (χ3v) is 2.12. The summed E-state index contributed by atoms with van der Waals surface area (Å²) >= 11 is 0. The molecule has 56 valence electrons. The highest BCUT2D eigenvalue weighted by Crippen LogP contribution is 2.16. The van der Waals surface area contributed by atoms with Crippen molar-refractivity contribution in [1.82, 2.24) is 0 Å². The molecule has 1 atom stereocenters. The summed E-state index contributed by atoms with van der Waals surface area (Å²) in [5, 5.41) is 0. The molecule has 0 saturated heterocycles. The van der Waals surface area contributed by atoms with Gasteiger partial charge in [0.2, 0.25) is 0 Å². The van der Waals surface area contributed by atoms with Gasteiger partial charge >= 0.3 is 0 Å². The second-order valence-corrected chi connectivity index (χ2v) is 2.98. The molecule has 0 heterocycles. The SMILES string of the molecule is [B]c1ccc(C(C)CC)cc1. The molecule has 1 unspecified atom stereocenters. The Labute approximate surface area is 70.0 Å². The fourth-order valence-electron chi connectivity index (χ4n) is 1.06. The summed E-state index contributed by atoms with van der Waals surface area (Å²) in [4.78, 5) is 0. The van der Waals surface area contributed by atoms with Gasteiger partial charge < -0.3 is 0 Å². The van der Waals surface area contributed by atoms with Gasteiger partial charge in [0.1, 0.15) is 7.85 Å². The average Bonchev–Trinajstić information content (AvgIpc) is 2.05. The maximum atomic E-state index is 5.57. The quantitative estimate of drug-likeness (QED) is 0.557. The number of hydrogen-bond donors (Lipinski definition) is 0. The second kappa shape index (κ2) is 3.61. The van der Waals surface area contributed by atoms with Crippen molar-refractivity contribution in [3.05, 3.63) is 29.8 Å². The minimum absolute atomic E-state index is 0.649. The zero-order chi connectivity index (χ0) is 8.27. The van der Waals surface area contributed by atoms with E-state index in [-0.39, 0.29) is 0 Å². The summed E-state index contributed by atoms with van der Waals surface area (Å²) in [6.45, 7) is 4.42. The zero-order valence-corrected chi connectivity index (χ0v) is 7.17. The molecular weight excluding hydrogens is 131 g/mol. The molecule has 2 radical (unpaired) electrons. The molecular formula is C10H13B. The largest absolute Gasteiger partial charge is 0.113 e. The number of benzene rings is 1. The van der Waals surface area contributed by atoms with Crippen LogP contribution in [0.1, 0.15) is 31.7 Å². The van der Waals surface area contributed by atoms with Gasteiger partial charge in [0, 0.05) is 0 Å². The van der Waals surface area contributed by atoms with Gasteiger partial charge in [-0.05, 0) is 17.9 Å². The standard InChI is InChI=1S/C10H13B/c1-3-8(2)9-4-6-10(11)7-5-9/h4-8H,3H2,1-2H3. The molecule has 0 fully saturated rings. The van der Waals surface area contributed by atoms with Crippen molar-refractivity contribution >= 4 is 13.3 Å². The van der Waals surface area contributed by atoms with Crippen molar-refractivity contribution in [3.8, 4) is 0 Å². The van der Waals surface area contributed by atoms with Gasteiger partial charge in [-0.2, -0.15) is 0 Å². The van der Waals surface area contributed by atoms with Gasteiger partial charge in [0.15, 0.2) is 0 Å². The molecule has 0 aromatic heterocycles. The van der Waals surface area contributed by atoms with E-state index in [1.54, 1.807) is 0 Å². The monoisotopic (exact) mass is 144 g/mol. The normalized spacial score (nSPS) is 12.9. The molecule has 1 aromatic rings. The van der Waals surface area contributed by atoms with Crippen molar-refractivity contribution in [2.45, 2.75) is 26.2 Å². The maximum Gasteiger partial charge on any atom is 0.113 e. The number of rotatable bonds is 2. The minimum atomic E-state index is 0.649.